The van der Waals surface area contributed by atoms with Crippen molar-refractivity contribution >= 4 is 44.1 Å². The van der Waals surface area contributed by atoms with Crippen molar-refractivity contribution in [3.05, 3.63) is 46.2 Å². The first kappa shape index (κ1) is 11.9. The molecule has 0 N–H and O–H groups in total. The van der Waals surface area contributed by atoms with Crippen LogP contribution in [0.15, 0.2) is 42.6 Å². The van der Waals surface area contributed by atoms with Gasteiger partial charge in [0.2, 0.25) is 0 Å². The molecule has 0 aliphatic rings. The molecule has 0 radical (unpaired) electrons. The first-order valence-electron chi connectivity index (χ1n) is 5.47. The molecule has 1 aromatic carbocycles. The van der Waals surface area contributed by atoms with Crippen molar-refractivity contribution in [2.75, 3.05) is 7.11 Å². The molecule has 0 spiro atoms. The highest BCUT2D eigenvalue weighted by molar-refractivity contribution is 14.1. The highest BCUT2D eigenvalue weighted by Gasteiger charge is 2.12. The summed E-state index contributed by atoms with van der Waals surface area (Å²) in [5.41, 5.74) is 2.30. The number of benzene rings is 1. The molecule has 3 aromatic rings. The van der Waals surface area contributed by atoms with E-state index >= 15 is 0 Å². The molecule has 0 atom stereocenters. The Balaban J connectivity index is 2.15. The van der Waals surface area contributed by atoms with E-state index in [4.69, 9.17) is 4.74 Å². The highest BCUT2D eigenvalue weighted by atomic mass is 127. The lowest BCUT2D eigenvalue weighted by atomic mass is 10.2. The van der Waals surface area contributed by atoms with Crippen molar-refractivity contribution in [1.29, 1.82) is 0 Å². The largest absolute Gasteiger partial charge is 0.497 e. The molecule has 18 heavy (non-hydrogen) atoms. The molecule has 2 heterocycles. The van der Waals surface area contributed by atoms with Crippen LogP contribution >= 0.6 is 33.9 Å². The number of nitrogens with zero attached hydrogens (tertiary/aromatic N) is 1. The number of ether oxygens (including phenoxy) is 1. The normalized spacial score (nSPS) is 10.8. The lowest BCUT2D eigenvalue weighted by Gasteiger charge is -2.01. The van der Waals surface area contributed by atoms with Crippen LogP contribution in [-0.4, -0.2) is 12.1 Å². The summed E-state index contributed by atoms with van der Waals surface area (Å²) in [6.45, 7) is 0. The summed E-state index contributed by atoms with van der Waals surface area (Å²) in [6.07, 6.45) is 1.84. The second kappa shape index (κ2) is 4.85. The van der Waals surface area contributed by atoms with Gasteiger partial charge >= 0.3 is 0 Å². The minimum atomic E-state index is 0.882. The summed E-state index contributed by atoms with van der Waals surface area (Å²) in [5.74, 6) is 0.882. The van der Waals surface area contributed by atoms with Crippen LogP contribution in [0.25, 0.3) is 20.7 Å². The van der Waals surface area contributed by atoms with Crippen LogP contribution < -0.4 is 4.74 Å². The molecule has 2 nitrogen and oxygen atoms in total. The number of methoxy groups -OCH3 is 1. The fourth-order valence-electron chi connectivity index (χ4n) is 1.83. The van der Waals surface area contributed by atoms with Gasteiger partial charge < -0.3 is 4.74 Å². The van der Waals surface area contributed by atoms with Crippen LogP contribution in [0.2, 0.25) is 0 Å². The maximum Gasteiger partial charge on any atom is 0.118 e. The first-order valence-corrected chi connectivity index (χ1v) is 7.36. The lowest BCUT2D eigenvalue weighted by molar-refractivity contribution is 0.415. The zero-order valence-corrected chi connectivity index (χ0v) is 12.7. The summed E-state index contributed by atoms with van der Waals surface area (Å²) >= 11 is 4.15. The molecule has 3 rings (SSSR count). The van der Waals surface area contributed by atoms with Crippen LogP contribution in [0, 0.1) is 3.57 Å². The number of fused-ring (bicyclic) bond motifs is 1. The standard InChI is InChI=1S/C14H10INOS/c1-17-10-6-4-9(5-7-10)14-12(15)13-11(18-14)3-2-8-16-13/h2-8H,1H3. The van der Waals surface area contributed by atoms with Crippen LogP contribution in [0.1, 0.15) is 0 Å². The van der Waals surface area contributed by atoms with Gasteiger partial charge in [-0.2, -0.15) is 0 Å². The van der Waals surface area contributed by atoms with E-state index < -0.39 is 0 Å². The minimum Gasteiger partial charge on any atom is -0.497 e. The Morgan fingerprint density at radius 3 is 2.61 bits per heavy atom. The average molecular weight is 367 g/mol. The van der Waals surface area contributed by atoms with E-state index in [0.29, 0.717) is 0 Å². The summed E-state index contributed by atoms with van der Waals surface area (Å²) in [7, 11) is 1.68. The predicted octanol–water partition coefficient (Wildman–Crippen LogP) is 4.58. The SMILES string of the molecule is COc1ccc(-c2sc3cccnc3c2I)cc1. The first-order chi connectivity index (χ1) is 8.79. The molecular formula is C14H10INOS. The third-order valence-corrected chi connectivity index (χ3v) is 5.35. The van der Waals surface area contributed by atoms with Gasteiger partial charge in [-0.3, -0.25) is 4.98 Å². The lowest BCUT2D eigenvalue weighted by Crippen LogP contribution is -1.82. The zero-order chi connectivity index (χ0) is 12.5. The van der Waals surface area contributed by atoms with E-state index in [-0.39, 0.29) is 0 Å². The van der Waals surface area contributed by atoms with Gasteiger partial charge in [0.25, 0.3) is 0 Å². The molecule has 2 aromatic heterocycles. The fraction of sp³-hybridized carbons (Fsp3) is 0.0714. The molecule has 0 bridgehead atoms. The van der Waals surface area contributed by atoms with Gasteiger partial charge in [0.15, 0.2) is 0 Å². The number of pyridine rings is 1. The van der Waals surface area contributed by atoms with Gasteiger partial charge in [0, 0.05) is 6.20 Å². The molecule has 0 saturated carbocycles. The van der Waals surface area contributed by atoms with E-state index in [1.54, 1.807) is 18.4 Å². The van der Waals surface area contributed by atoms with Gasteiger partial charge in [-0.1, -0.05) is 0 Å². The molecular weight excluding hydrogens is 357 g/mol. The number of rotatable bonds is 2. The second-order valence-electron chi connectivity index (χ2n) is 3.82. The molecule has 0 aliphatic carbocycles. The molecule has 0 unspecified atom stereocenters. The third-order valence-electron chi connectivity index (χ3n) is 2.74. The summed E-state index contributed by atoms with van der Waals surface area (Å²) in [6, 6.07) is 12.2. The minimum absolute atomic E-state index is 0.882. The number of halogens is 1. The maximum absolute atomic E-state index is 5.18. The van der Waals surface area contributed by atoms with Crippen molar-refractivity contribution in [3.8, 4) is 16.2 Å². The molecule has 0 amide bonds. The molecule has 0 saturated heterocycles. The number of thiophene rings is 1. The average Bonchev–Trinajstić information content (AvgIpc) is 2.77. The predicted molar refractivity (Wildman–Crippen MR) is 84.3 cm³/mol. The van der Waals surface area contributed by atoms with E-state index in [2.05, 4.69) is 45.8 Å². The molecule has 4 heteroatoms. The van der Waals surface area contributed by atoms with Gasteiger partial charge in [0.1, 0.15) is 5.75 Å². The zero-order valence-electron chi connectivity index (χ0n) is 9.68. The summed E-state index contributed by atoms with van der Waals surface area (Å²) in [5, 5.41) is 0. The number of hydrogen-bond acceptors (Lipinski definition) is 3. The quantitative estimate of drug-likeness (QED) is 0.619. The van der Waals surface area contributed by atoms with E-state index in [0.717, 1.165) is 11.3 Å². The molecule has 0 fully saturated rings. The van der Waals surface area contributed by atoms with Crippen molar-refractivity contribution in [3.63, 3.8) is 0 Å². The second-order valence-corrected chi connectivity index (χ2v) is 5.95. The maximum atomic E-state index is 5.18. The van der Waals surface area contributed by atoms with Crippen LogP contribution in [0.4, 0.5) is 0 Å². The number of hydrogen-bond donors (Lipinski definition) is 0. The van der Waals surface area contributed by atoms with E-state index in [1.165, 1.54) is 18.7 Å². The Kier molecular flexibility index (Phi) is 3.22. The number of aromatic nitrogens is 1. The van der Waals surface area contributed by atoms with Crippen LogP contribution in [-0.2, 0) is 0 Å². The topological polar surface area (TPSA) is 22.1 Å². The van der Waals surface area contributed by atoms with E-state index in [1.807, 2.05) is 24.4 Å². The Bertz CT molecular complexity index is 691. The van der Waals surface area contributed by atoms with Gasteiger partial charge in [-0.15, -0.1) is 11.3 Å². The van der Waals surface area contributed by atoms with Gasteiger partial charge in [-0.25, -0.2) is 0 Å². The Morgan fingerprint density at radius 1 is 1.17 bits per heavy atom. The molecule has 90 valence electrons. The monoisotopic (exact) mass is 367 g/mol. The third kappa shape index (κ3) is 1.99. The molecule has 0 aliphatic heterocycles. The van der Waals surface area contributed by atoms with Gasteiger partial charge in [-0.05, 0) is 64.6 Å². The van der Waals surface area contributed by atoms with Crippen molar-refractivity contribution in [1.82, 2.24) is 4.98 Å². The van der Waals surface area contributed by atoms with Crippen LogP contribution in [0.3, 0.4) is 0 Å². The van der Waals surface area contributed by atoms with Crippen molar-refractivity contribution in [2.45, 2.75) is 0 Å². The van der Waals surface area contributed by atoms with Crippen molar-refractivity contribution < 1.29 is 4.74 Å². The Labute approximate surface area is 123 Å². The van der Waals surface area contributed by atoms with E-state index in [9.17, 15) is 0 Å². The van der Waals surface area contributed by atoms with Gasteiger partial charge in [0.05, 0.1) is 25.8 Å². The smallest absolute Gasteiger partial charge is 0.118 e. The summed E-state index contributed by atoms with van der Waals surface area (Å²) < 4.78 is 7.63. The fourth-order valence-corrected chi connectivity index (χ4v) is 4.14. The highest BCUT2D eigenvalue weighted by Crippen LogP contribution is 2.38. The summed E-state index contributed by atoms with van der Waals surface area (Å²) in [4.78, 5) is 5.71. The Hall–Kier alpha value is -1.14. The van der Waals surface area contributed by atoms with Crippen molar-refractivity contribution in [2.24, 2.45) is 0 Å². The van der Waals surface area contributed by atoms with Crippen LogP contribution in [0.5, 0.6) is 5.75 Å². The Morgan fingerprint density at radius 2 is 1.94 bits per heavy atom.